The molecule has 1 aromatic carbocycles. The van der Waals surface area contributed by atoms with Crippen LogP contribution >= 0.6 is 0 Å². The van der Waals surface area contributed by atoms with Gasteiger partial charge in [0.2, 0.25) is 0 Å². The van der Waals surface area contributed by atoms with Crippen molar-refractivity contribution in [3.05, 3.63) is 35.0 Å². The lowest BCUT2D eigenvalue weighted by Crippen LogP contribution is -2.01. The highest BCUT2D eigenvalue weighted by Gasteiger charge is 2.16. The summed E-state index contributed by atoms with van der Waals surface area (Å²) in [5.74, 6) is -1.54. The zero-order valence-corrected chi connectivity index (χ0v) is 9.40. The minimum Gasteiger partial charge on any atom is -0.477 e. The minimum atomic E-state index is -1.06. The molecule has 0 amide bonds. The summed E-state index contributed by atoms with van der Waals surface area (Å²) in [6.45, 7) is 1.84. The van der Waals surface area contributed by atoms with Crippen molar-refractivity contribution >= 4 is 22.8 Å². The number of aryl methyl sites for hydroxylation is 1. The van der Waals surface area contributed by atoms with Crippen molar-refractivity contribution < 1.29 is 19.4 Å². The molecule has 0 bridgehead atoms. The Bertz CT molecular complexity index is 612. The number of hydrogen-bond acceptors (Lipinski definition) is 3. The largest absolute Gasteiger partial charge is 0.477 e. The van der Waals surface area contributed by atoms with Crippen LogP contribution in [0.5, 0.6) is 0 Å². The van der Waals surface area contributed by atoms with Gasteiger partial charge in [-0.05, 0) is 24.6 Å². The normalized spacial score (nSPS) is 10.5. The highest BCUT2D eigenvalue weighted by Crippen LogP contribution is 2.24. The van der Waals surface area contributed by atoms with E-state index in [0.717, 1.165) is 5.56 Å². The Balaban J connectivity index is 2.75. The highest BCUT2D eigenvalue weighted by molar-refractivity contribution is 6.07. The molecule has 17 heavy (non-hydrogen) atoms. The fraction of sp³-hybridized carbons (Fsp3) is 0.167. The second-order valence-corrected chi connectivity index (χ2v) is 3.70. The third-order valence-electron chi connectivity index (χ3n) is 2.64. The molecule has 5 nitrogen and oxygen atoms in total. The number of aromatic carboxylic acids is 1. The molecule has 2 rings (SSSR count). The van der Waals surface area contributed by atoms with Gasteiger partial charge < -0.3 is 14.8 Å². The van der Waals surface area contributed by atoms with Crippen molar-refractivity contribution in [1.29, 1.82) is 0 Å². The van der Waals surface area contributed by atoms with Crippen molar-refractivity contribution in [2.45, 2.75) is 6.92 Å². The molecule has 2 aromatic rings. The molecule has 0 aliphatic rings. The third-order valence-corrected chi connectivity index (χ3v) is 2.64. The van der Waals surface area contributed by atoms with Gasteiger partial charge in [0.15, 0.2) is 0 Å². The summed E-state index contributed by atoms with van der Waals surface area (Å²) in [6.07, 6.45) is 0. The lowest BCUT2D eigenvalue weighted by atomic mass is 10.1. The molecule has 1 heterocycles. The first-order valence-electron chi connectivity index (χ1n) is 4.98. The first-order valence-corrected chi connectivity index (χ1v) is 4.98. The number of fused-ring (bicyclic) bond motifs is 1. The predicted octanol–water partition coefficient (Wildman–Crippen LogP) is 1.96. The molecule has 0 atom stereocenters. The highest BCUT2D eigenvalue weighted by atomic mass is 16.5. The van der Waals surface area contributed by atoms with Crippen molar-refractivity contribution in [3.63, 3.8) is 0 Å². The van der Waals surface area contributed by atoms with Crippen LogP contribution in [0.3, 0.4) is 0 Å². The summed E-state index contributed by atoms with van der Waals surface area (Å²) in [7, 11) is 1.29. The van der Waals surface area contributed by atoms with E-state index in [-0.39, 0.29) is 5.69 Å². The molecular formula is C12H11NO4. The monoisotopic (exact) mass is 233 g/mol. The van der Waals surface area contributed by atoms with Crippen molar-refractivity contribution in [2.75, 3.05) is 7.11 Å². The van der Waals surface area contributed by atoms with Gasteiger partial charge in [0.25, 0.3) is 0 Å². The summed E-state index contributed by atoms with van der Waals surface area (Å²) in [6, 6.07) is 4.82. The summed E-state index contributed by atoms with van der Waals surface area (Å²) < 4.78 is 4.65. The number of carboxylic acid groups (broad SMARTS) is 1. The predicted molar refractivity (Wildman–Crippen MR) is 61.3 cm³/mol. The van der Waals surface area contributed by atoms with Crippen LogP contribution in [0.4, 0.5) is 0 Å². The Morgan fingerprint density at radius 3 is 2.65 bits per heavy atom. The molecule has 5 heteroatoms. The fourth-order valence-electron chi connectivity index (χ4n) is 1.76. The molecule has 0 spiro atoms. The Labute approximate surface area is 97.0 Å². The van der Waals surface area contributed by atoms with Crippen LogP contribution in [0, 0.1) is 6.92 Å². The van der Waals surface area contributed by atoms with Gasteiger partial charge in [-0.15, -0.1) is 0 Å². The maximum Gasteiger partial charge on any atom is 0.352 e. The summed E-state index contributed by atoms with van der Waals surface area (Å²) in [4.78, 5) is 25.2. The van der Waals surface area contributed by atoms with Crippen LogP contribution in [0.15, 0.2) is 18.2 Å². The number of H-pyrrole nitrogens is 1. The van der Waals surface area contributed by atoms with Crippen LogP contribution in [0.25, 0.3) is 10.9 Å². The Morgan fingerprint density at radius 1 is 1.35 bits per heavy atom. The zero-order valence-electron chi connectivity index (χ0n) is 9.40. The topological polar surface area (TPSA) is 79.4 Å². The molecule has 0 saturated heterocycles. The molecule has 0 fully saturated rings. The molecule has 88 valence electrons. The number of hydrogen-bond donors (Lipinski definition) is 2. The second kappa shape index (κ2) is 3.93. The number of carbonyl (C=O) groups is 2. The minimum absolute atomic E-state index is 0.0550. The molecule has 0 aliphatic carbocycles. The van der Waals surface area contributed by atoms with E-state index in [2.05, 4.69) is 9.72 Å². The zero-order chi connectivity index (χ0) is 12.6. The van der Waals surface area contributed by atoms with Crippen LogP contribution in [-0.2, 0) is 4.74 Å². The summed E-state index contributed by atoms with van der Waals surface area (Å²) in [5.41, 5.74) is 1.93. The third kappa shape index (κ3) is 1.75. The van der Waals surface area contributed by atoms with Crippen molar-refractivity contribution in [1.82, 2.24) is 4.98 Å². The van der Waals surface area contributed by atoms with Gasteiger partial charge in [0.05, 0.1) is 12.7 Å². The van der Waals surface area contributed by atoms with Gasteiger partial charge in [-0.25, -0.2) is 9.59 Å². The van der Waals surface area contributed by atoms with Gasteiger partial charge in [0.1, 0.15) is 5.69 Å². The van der Waals surface area contributed by atoms with E-state index in [4.69, 9.17) is 5.11 Å². The van der Waals surface area contributed by atoms with Crippen molar-refractivity contribution in [3.8, 4) is 0 Å². The number of aromatic nitrogens is 1. The van der Waals surface area contributed by atoms with E-state index < -0.39 is 11.9 Å². The quantitative estimate of drug-likeness (QED) is 0.777. The number of benzene rings is 1. The van der Waals surface area contributed by atoms with Gasteiger partial charge in [-0.3, -0.25) is 0 Å². The molecule has 0 radical (unpaired) electrons. The van der Waals surface area contributed by atoms with Gasteiger partial charge in [0, 0.05) is 10.9 Å². The number of aromatic amines is 1. The SMILES string of the molecule is COC(=O)c1ccc(C)c2[nH]c(C(=O)O)cc12. The maximum atomic E-state index is 11.5. The van der Waals surface area contributed by atoms with Gasteiger partial charge >= 0.3 is 11.9 Å². The lowest BCUT2D eigenvalue weighted by molar-refractivity contribution is 0.0601. The summed E-state index contributed by atoms with van der Waals surface area (Å²) in [5, 5.41) is 9.48. The van der Waals surface area contributed by atoms with Crippen molar-refractivity contribution in [2.24, 2.45) is 0 Å². The lowest BCUT2D eigenvalue weighted by Gasteiger charge is -2.02. The number of ether oxygens (including phenoxy) is 1. The number of carboxylic acids is 1. The van der Waals surface area contributed by atoms with Crippen LogP contribution in [-0.4, -0.2) is 29.1 Å². The van der Waals surface area contributed by atoms with E-state index in [1.165, 1.54) is 13.2 Å². The molecule has 0 aliphatic heterocycles. The number of nitrogens with one attached hydrogen (secondary N) is 1. The number of rotatable bonds is 2. The first kappa shape index (κ1) is 11.2. The molecule has 2 N–H and O–H groups in total. The van der Waals surface area contributed by atoms with E-state index in [0.29, 0.717) is 16.5 Å². The van der Waals surface area contributed by atoms with E-state index in [9.17, 15) is 9.59 Å². The Hall–Kier alpha value is -2.30. The van der Waals surface area contributed by atoms with Gasteiger partial charge in [-0.1, -0.05) is 6.07 Å². The summed E-state index contributed by atoms with van der Waals surface area (Å²) >= 11 is 0. The average molecular weight is 233 g/mol. The van der Waals surface area contributed by atoms with Crippen LogP contribution < -0.4 is 0 Å². The van der Waals surface area contributed by atoms with Crippen LogP contribution in [0.1, 0.15) is 26.4 Å². The smallest absolute Gasteiger partial charge is 0.352 e. The average Bonchev–Trinajstić information content (AvgIpc) is 2.74. The molecule has 0 unspecified atom stereocenters. The molecular weight excluding hydrogens is 222 g/mol. The fourth-order valence-corrected chi connectivity index (χ4v) is 1.76. The standard InChI is InChI=1S/C12H11NO4/c1-6-3-4-7(12(16)17-2)8-5-9(11(14)15)13-10(6)8/h3-5,13H,1-2H3,(H,14,15). The van der Waals surface area contributed by atoms with Gasteiger partial charge in [-0.2, -0.15) is 0 Å². The second-order valence-electron chi connectivity index (χ2n) is 3.70. The number of methoxy groups -OCH3 is 1. The Morgan fingerprint density at radius 2 is 2.06 bits per heavy atom. The van der Waals surface area contributed by atoms with E-state index in [1.807, 2.05) is 6.92 Å². The molecule has 1 aromatic heterocycles. The van der Waals surface area contributed by atoms with Crippen LogP contribution in [0.2, 0.25) is 0 Å². The number of carbonyl (C=O) groups excluding carboxylic acids is 1. The Kier molecular flexibility index (Phi) is 2.59. The molecule has 0 saturated carbocycles. The maximum absolute atomic E-state index is 11.5. The van der Waals surface area contributed by atoms with E-state index in [1.54, 1.807) is 12.1 Å². The van der Waals surface area contributed by atoms with E-state index >= 15 is 0 Å². The number of esters is 1. The first-order chi connectivity index (χ1) is 8.04.